The van der Waals surface area contributed by atoms with Crippen LogP contribution < -0.4 is 5.32 Å². The van der Waals surface area contributed by atoms with E-state index in [2.05, 4.69) is 52.8 Å². The zero-order valence-corrected chi connectivity index (χ0v) is 24.4. The predicted octanol–water partition coefficient (Wildman–Crippen LogP) is 8.01. The fourth-order valence-corrected chi connectivity index (χ4v) is 5.54. The normalized spacial score (nSPS) is 16.8. The van der Waals surface area contributed by atoms with E-state index in [1.165, 1.54) is 68.2 Å². The number of aryl methyl sites for hydroxylation is 3. The fourth-order valence-electron chi connectivity index (χ4n) is 5.54. The molecule has 1 aliphatic heterocycles. The minimum absolute atomic E-state index is 0. The number of nitrogens with one attached hydrogen (secondary N) is 1. The van der Waals surface area contributed by atoms with Crippen molar-refractivity contribution in [3.8, 4) is 11.3 Å². The highest BCUT2D eigenvalue weighted by Crippen LogP contribution is 2.29. The Bertz CT molecular complexity index is 1110. The van der Waals surface area contributed by atoms with Gasteiger partial charge in [0.05, 0.1) is 18.0 Å². The third-order valence-electron chi connectivity index (χ3n) is 7.72. The van der Waals surface area contributed by atoms with Gasteiger partial charge in [0, 0.05) is 24.1 Å². The van der Waals surface area contributed by atoms with Crippen LogP contribution in [0.2, 0.25) is 0 Å². The molecule has 1 aromatic heterocycles. The Labute approximate surface area is 240 Å². The average Bonchev–Trinajstić information content (AvgIpc) is 3.40. The number of nitrogens with zero attached hydrogens (tertiary/aromatic N) is 2. The number of unbranched alkanes of at least 4 members (excludes halogenated alkanes) is 5. The van der Waals surface area contributed by atoms with Crippen molar-refractivity contribution < 1.29 is 9.13 Å². The highest BCUT2D eigenvalue weighted by Gasteiger charge is 2.28. The minimum atomic E-state index is -0.244. The summed E-state index contributed by atoms with van der Waals surface area (Å²) in [5.74, 6) is 0.266. The molecular weight excluding hydrogens is 509 g/mol. The summed E-state index contributed by atoms with van der Waals surface area (Å²) in [6.07, 6.45) is 12.2. The van der Waals surface area contributed by atoms with Crippen LogP contribution in [0.4, 0.5) is 4.39 Å². The standard InChI is InChI=1S/C33H44FN3O.ClH/c1-3-4-5-6-7-8-10-26-12-14-27(15-13-26)31-20-21-35-32(31)24-38-22-9-11-29-23-25(2)36-37-33(29)28-16-18-30(34)19-17-28;/h12-19,23,31-32,35H,3-11,20-22,24H2,1-2H3;1H/t31-,32-;/m1./s1. The molecule has 0 spiro atoms. The molecule has 0 bridgehead atoms. The molecule has 212 valence electrons. The van der Waals surface area contributed by atoms with Crippen LogP contribution in [-0.4, -0.2) is 36.0 Å². The van der Waals surface area contributed by atoms with E-state index in [-0.39, 0.29) is 18.2 Å². The number of benzene rings is 2. The van der Waals surface area contributed by atoms with Crippen LogP contribution >= 0.6 is 12.4 Å². The summed E-state index contributed by atoms with van der Waals surface area (Å²) in [4.78, 5) is 0. The molecule has 4 rings (SSSR count). The first-order chi connectivity index (χ1) is 18.6. The molecule has 0 aliphatic carbocycles. The highest BCUT2D eigenvalue weighted by atomic mass is 35.5. The molecule has 3 aromatic rings. The van der Waals surface area contributed by atoms with Crippen molar-refractivity contribution >= 4 is 12.4 Å². The third-order valence-corrected chi connectivity index (χ3v) is 7.72. The van der Waals surface area contributed by atoms with Crippen LogP contribution in [0.5, 0.6) is 0 Å². The van der Waals surface area contributed by atoms with Crippen molar-refractivity contribution in [1.82, 2.24) is 15.5 Å². The van der Waals surface area contributed by atoms with Crippen LogP contribution in [0.25, 0.3) is 11.3 Å². The number of hydrogen-bond acceptors (Lipinski definition) is 4. The Hall–Kier alpha value is -2.34. The molecule has 4 nitrogen and oxygen atoms in total. The number of hydrogen-bond donors (Lipinski definition) is 1. The van der Waals surface area contributed by atoms with Crippen molar-refractivity contribution in [3.63, 3.8) is 0 Å². The van der Waals surface area contributed by atoms with Crippen LogP contribution in [0.3, 0.4) is 0 Å². The Morgan fingerprint density at radius 3 is 2.41 bits per heavy atom. The summed E-state index contributed by atoms with van der Waals surface area (Å²) < 4.78 is 19.5. The van der Waals surface area contributed by atoms with E-state index in [9.17, 15) is 4.39 Å². The van der Waals surface area contributed by atoms with E-state index in [1.54, 1.807) is 12.1 Å². The van der Waals surface area contributed by atoms with Crippen LogP contribution in [0.15, 0.2) is 54.6 Å². The van der Waals surface area contributed by atoms with Gasteiger partial charge in [-0.25, -0.2) is 4.39 Å². The summed E-state index contributed by atoms with van der Waals surface area (Å²) in [6.45, 7) is 6.69. The van der Waals surface area contributed by atoms with Crippen LogP contribution in [0.1, 0.15) is 86.6 Å². The SMILES string of the molecule is CCCCCCCCc1ccc([C@H]2CCN[C@@H]2COCCCc2cc(C)nnc2-c2ccc(F)cc2)cc1.Cl. The molecule has 0 saturated carbocycles. The van der Waals surface area contributed by atoms with Gasteiger partial charge in [0.2, 0.25) is 0 Å². The van der Waals surface area contributed by atoms with Crippen LogP contribution in [0, 0.1) is 12.7 Å². The summed E-state index contributed by atoms with van der Waals surface area (Å²) in [6, 6.07) is 18.3. The van der Waals surface area contributed by atoms with Crippen molar-refractivity contribution in [3.05, 3.63) is 82.8 Å². The first-order valence-corrected chi connectivity index (χ1v) is 14.6. The highest BCUT2D eigenvalue weighted by molar-refractivity contribution is 5.85. The van der Waals surface area contributed by atoms with Gasteiger partial charge < -0.3 is 10.1 Å². The van der Waals surface area contributed by atoms with Gasteiger partial charge in [0.15, 0.2) is 0 Å². The monoisotopic (exact) mass is 553 g/mol. The molecule has 1 fully saturated rings. The Kier molecular flexibility index (Phi) is 13.3. The molecule has 1 aliphatic rings. The average molecular weight is 554 g/mol. The maximum absolute atomic E-state index is 13.4. The van der Waals surface area contributed by atoms with Gasteiger partial charge in [0.25, 0.3) is 0 Å². The van der Waals surface area contributed by atoms with Gasteiger partial charge in [-0.05, 0) is 92.6 Å². The number of halogens is 2. The van der Waals surface area contributed by atoms with Crippen molar-refractivity contribution in [2.24, 2.45) is 0 Å². The van der Waals surface area contributed by atoms with Gasteiger partial charge in [-0.1, -0.05) is 63.3 Å². The summed E-state index contributed by atoms with van der Waals surface area (Å²) >= 11 is 0. The lowest BCUT2D eigenvalue weighted by atomic mass is 9.91. The number of ether oxygens (including phenoxy) is 1. The molecular formula is C33H45ClFN3O. The second-order valence-corrected chi connectivity index (χ2v) is 10.8. The van der Waals surface area contributed by atoms with Gasteiger partial charge in [-0.2, -0.15) is 5.10 Å². The fraction of sp³-hybridized carbons (Fsp3) is 0.515. The molecule has 0 amide bonds. The maximum Gasteiger partial charge on any atom is 0.123 e. The predicted molar refractivity (Wildman–Crippen MR) is 161 cm³/mol. The Morgan fingerprint density at radius 1 is 0.897 bits per heavy atom. The quantitative estimate of drug-likeness (QED) is 0.194. The summed E-state index contributed by atoms with van der Waals surface area (Å²) in [5, 5.41) is 12.3. The lowest BCUT2D eigenvalue weighted by molar-refractivity contribution is 0.110. The molecule has 1 saturated heterocycles. The second kappa shape index (κ2) is 16.7. The number of aromatic nitrogens is 2. The van der Waals surface area contributed by atoms with E-state index >= 15 is 0 Å². The maximum atomic E-state index is 13.4. The van der Waals surface area contributed by atoms with Gasteiger partial charge >= 0.3 is 0 Å². The Morgan fingerprint density at radius 2 is 1.64 bits per heavy atom. The van der Waals surface area contributed by atoms with E-state index < -0.39 is 0 Å². The molecule has 2 aromatic carbocycles. The third kappa shape index (κ3) is 9.66. The molecule has 1 N–H and O–H groups in total. The molecule has 0 unspecified atom stereocenters. The van der Waals surface area contributed by atoms with E-state index in [1.807, 2.05) is 6.92 Å². The molecule has 2 heterocycles. The lowest BCUT2D eigenvalue weighted by Gasteiger charge is -2.20. The van der Waals surface area contributed by atoms with E-state index in [4.69, 9.17) is 4.74 Å². The molecule has 2 atom stereocenters. The van der Waals surface area contributed by atoms with Crippen molar-refractivity contribution in [2.75, 3.05) is 19.8 Å². The van der Waals surface area contributed by atoms with Gasteiger partial charge in [-0.3, -0.25) is 0 Å². The molecule has 39 heavy (non-hydrogen) atoms. The van der Waals surface area contributed by atoms with Crippen LogP contribution in [-0.2, 0) is 17.6 Å². The molecule has 0 radical (unpaired) electrons. The molecule has 6 heteroatoms. The van der Waals surface area contributed by atoms with Gasteiger partial charge in [-0.15, -0.1) is 17.5 Å². The minimum Gasteiger partial charge on any atom is -0.380 e. The number of rotatable bonds is 15. The van der Waals surface area contributed by atoms with E-state index in [0.29, 0.717) is 18.6 Å². The van der Waals surface area contributed by atoms with Crippen molar-refractivity contribution in [1.29, 1.82) is 0 Å². The van der Waals surface area contributed by atoms with E-state index in [0.717, 1.165) is 54.9 Å². The van der Waals surface area contributed by atoms with Crippen molar-refractivity contribution in [2.45, 2.75) is 90.0 Å². The van der Waals surface area contributed by atoms with Gasteiger partial charge in [0.1, 0.15) is 5.82 Å². The zero-order chi connectivity index (χ0) is 26.6. The first-order valence-electron chi connectivity index (χ1n) is 14.6. The topological polar surface area (TPSA) is 47.0 Å². The first kappa shape index (κ1) is 31.2. The smallest absolute Gasteiger partial charge is 0.123 e. The summed E-state index contributed by atoms with van der Waals surface area (Å²) in [5.41, 5.74) is 6.63. The second-order valence-electron chi connectivity index (χ2n) is 10.8. The largest absolute Gasteiger partial charge is 0.380 e. The Balaban J connectivity index is 0.00000420. The lowest BCUT2D eigenvalue weighted by Crippen LogP contribution is -2.31. The zero-order valence-electron chi connectivity index (χ0n) is 23.6. The summed E-state index contributed by atoms with van der Waals surface area (Å²) in [7, 11) is 0.